The van der Waals surface area contributed by atoms with Crippen molar-refractivity contribution in [3.8, 4) is 0 Å². The molecule has 0 bridgehead atoms. The molecule has 0 aliphatic rings. The van der Waals surface area contributed by atoms with Gasteiger partial charge in [-0.25, -0.2) is 8.42 Å². The Morgan fingerprint density at radius 3 is 2.33 bits per heavy atom. The number of sulfonamides is 1. The van der Waals surface area contributed by atoms with E-state index in [0.29, 0.717) is 16.4 Å². The van der Waals surface area contributed by atoms with E-state index in [0.717, 1.165) is 11.8 Å². The number of carbonyl (C=O) groups excluding carboxylic acids is 1. The second kappa shape index (κ2) is 7.68. The number of rotatable bonds is 6. The summed E-state index contributed by atoms with van der Waals surface area (Å²) in [6.45, 7) is 1.91. The Labute approximate surface area is 147 Å². The standard InChI is InChI=1S/C17H19ClN2O3S/c1-13-5-3-4-6-16(13)20(24(2,22)23)12-11-17(21)19-15-9-7-14(18)8-10-15/h3-10H,11-12H2,1-2H3,(H,19,21). The highest BCUT2D eigenvalue weighted by molar-refractivity contribution is 7.92. The summed E-state index contributed by atoms with van der Waals surface area (Å²) in [6, 6.07) is 13.9. The summed E-state index contributed by atoms with van der Waals surface area (Å²) in [5, 5.41) is 3.30. The Bertz CT molecular complexity index is 820. The molecule has 0 saturated heterocycles. The highest BCUT2D eigenvalue weighted by atomic mass is 35.5. The van der Waals surface area contributed by atoms with Crippen LogP contribution >= 0.6 is 11.6 Å². The van der Waals surface area contributed by atoms with Crippen molar-refractivity contribution in [2.75, 3.05) is 22.4 Å². The van der Waals surface area contributed by atoms with Gasteiger partial charge in [0.25, 0.3) is 0 Å². The van der Waals surface area contributed by atoms with E-state index in [-0.39, 0.29) is 18.9 Å². The van der Waals surface area contributed by atoms with Gasteiger partial charge < -0.3 is 5.32 Å². The summed E-state index contributed by atoms with van der Waals surface area (Å²) < 4.78 is 25.4. The van der Waals surface area contributed by atoms with Crippen molar-refractivity contribution in [1.82, 2.24) is 0 Å². The minimum absolute atomic E-state index is 0.0457. The molecule has 5 nitrogen and oxygen atoms in total. The van der Waals surface area contributed by atoms with Crippen LogP contribution in [0.15, 0.2) is 48.5 Å². The topological polar surface area (TPSA) is 66.5 Å². The largest absolute Gasteiger partial charge is 0.326 e. The molecular weight excluding hydrogens is 348 g/mol. The molecule has 0 aliphatic heterocycles. The summed E-state index contributed by atoms with van der Waals surface area (Å²) >= 11 is 5.80. The lowest BCUT2D eigenvalue weighted by atomic mass is 10.2. The highest BCUT2D eigenvalue weighted by Gasteiger charge is 2.20. The maximum atomic E-state index is 12.1. The Morgan fingerprint density at radius 2 is 1.75 bits per heavy atom. The molecular formula is C17H19ClN2O3S. The first kappa shape index (κ1) is 18.3. The fourth-order valence-corrected chi connectivity index (χ4v) is 3.38. The lowest BCUT2D eigenvalue weighted by molar-refractivity contribution is -0.116. The average Bonchev–Trinajstić information content (AvgIpc) is 2.50. The van der Waals surface area contributed by atoms with Crippen LogP contribution in [0, 0.1) is 6.92 Å². The Hall–Kier alpha value is -2.05. The maximum absolute atomic E-state index is 12.1. The molecule has 0 radical (unpaired) electrons. The molecule has 0 aliphatic carbocycles. The molecule has 2 aromatic rings. The van der Waals surface area contributed by atoms with Crippen LogP contribution in [0.4, 0.5) is 11.4 Å². The van der Waals surface area contributed by atoms with Crippen LogP contribution in [0.3, 0.4) is 0 Å². The molecule has 1 N–H and O–H groups in total. The number of aryl methyl sites for hydroxylation is 1. The fraction of sp³-hybridized carbons (Fsp3) is 0.235. The zero-order valence-corrected chi connectivity index (χ0v) is 15.1. The average molecular weight is 367 g/mol. The Kier molecular flexibility index (Phi) is 5.85. The van der Waals surface area contributed by atoms with Crippen molar-refractivity contribution < 1.29 is 13.2 Å². The number of hydrogen-bond donors (Lipinski definition) is 1. The van der Waals surface area contributed by atoms with Crippen molar-refractivity contribution >= 4 is 38.9 Å². The fourth-order valence-electron chi connectivity index (χ4n) is 2.27. The summed E-state index contributed by atoms with van der Waals surface area (Å²) in [5.74, 6) is -0.264. The third kappa shape index (κ3) is 4.97. The SMILES string of the molecule is Cc1ccccc1N(CCC(=O)Nc1ccc(Cl)cc1)S(C)(=O)=O. The maximum Gasteiger partial charge on any atom is 0.232 e. The molecule has 0 aromatic heterocycles. The predicted octanol–water partition coefficient (Wildman–Crippen LogP) is 3.44. The van der Waals surface area contributed by atoms with Gasteiger partial charge >= 0.3 is 0 Å². The molecule has 1 amide bonds. The smallest absolute Gasteiger partial charge is 0.232 e. The molecule has 0 heterocycles. The van der Waals surface area contributed by atoms with E-state index < -0.39 is 10.0 Å². The third-order valence-electron chi connectivity index (χ3n) is 3.45. The first-order chi connectivity index (χ1) is 11.3. The number of amides is 1. The highest BCUT2D eigenvalue weighted by Crippen LogP contribution is 2.22. The Balaban J connectivity index is 2.07. The molecule has 0 spiro atoms. The van der Waals surface area contributed by atoms with Gasteiger partial charge in [0.2, 0.25) is 15.9 Å². The lowest BCUT2D eigenvalue weighted by Crippen LogP contribution is -2.33. The van der Waals surface area contributed by atoms with E-state index in [1.165, 1.54) is 4.31 Å². The molecule has 0 fully saturated rings. The minimum atomic E-state index is -3.48. The first-order valence-electron chi connectivity index (χ1n) is 7.36. The van der Waals surface area contributed by atoms with Crippen LogP contribution < -0.4 is 9.62 Å². The van der Waals surface area contributed by atoms with Gasteiger partial charge in [-0.1, -0.05) is 29.8 Å². The van der Waals surface area contributed by atoms with Gasteiger partial charge in [0.1, 0.15) is 0 Å². The number of halogens is 1. The monoisotopic (exact) mass is 366 g/mol. The number of nitrogens with zero attached hydrogens (tertiary/aromatic N) is 1. The van der Waals surface area contributed by atoms with Gasteiger partial charge in [0.05, 0.1) is 11.9 Å². The van der Waals surface area contributed by atoms with Crippen molar-refractivity contribution in [1.29, 1.82) is 0 Å². The van der Waals surface area contributed by atoms with Crippen LogP contribution in [-0.2, 0) is 14.8 Å². The van der Waals surface area contributed by atoms with Gasteiger partial charge in [0.15, 0.2) is 0 Å². The van der Waals surface area contributed by atoms with Crippen LogP contribution in [-0.4, -0.2) is 27.1 Å². The number of benzene rings is 2. The minimum Gasteiger partial charge on any atom is -0.326 e. The number of nitrogens with one attached hydrogen (secondary N) is 1. The number of anilines is 2. The second-order valence-electron chi connectivity index (χ2n) is 5.43. The summed E-state index contributed by atoms with van der Waals surface area (Å²) in [5.41, 5.74) is 2.03. The first-order valence-corrected chi connectivity index (χ1v) is 9.59. The lowest BCUT2D eigenvalue weighted by Gasteiger charge is -2.23. The number of hydrogen-bond acceptors (Lipinski definition) is 3. The van der Waals surface area contributed by atoms with Crippen molar-refractivity contribution in [3.63, 3.8) is 0 Å². The second-order valence-corrected chi connectivity index (χ2v) is 7.77. The third-order valence-corrected chi connectivity index (χ3v) is 4.89. The van der Waals surface area contributed by atoms with E-state index in [2.05, 4.69) is 5.32 Å². The van der Waals surface area contributed by atoms with Crippen molar-refractivity contribution in [2.24, 2.45) is 0 Å². The predicted molar refractivity (Wildman–Crippen MR) is 98.1 cm³/mol. The number of para-hydroxylation sites is 1. The van der Waals surface area contributed by atoms with Gasteiger partial charge in [-0.05, 0) is 42.8 Å². The summed E-state index contributed by atoms with van der Waals surface area (Å²) in [4.78, 5) is 12.1. The molecule has 7 heteroatoms. The van der Waals surface area contributed by atoms with Gasteiger partial charge in [0, 0.05) is 23.7 Å². The molecule has 2 aromatic carbocycles. The summed E-state index contributed by atoms with van der Waals surface area (Å²) in [6.07, 6.45) is 1.18. The Morgan fingerprint density at radius 1 is 1.12 bits per heavy atom. The molecule has 2 rings (SSSR count). The van der Waals surface area contributed by atoms with E-state index in [4.69, 9.17) is 11.6 Å². The van der Waals surface area contributed by atoms with Crippen molar-refractivity contribution in [2.45, 2.75) is 13.3 Å². The molecule has 24 heavy (non-hydrogen) atoms. The molecule has 0 saturated carbocycles. The molecule has 128 valence electrons. The van der Waals surface area contributed by atoms with Gasteiger partial charge in [-0.2, -0.15) is 0 Å². The molecule has 0 atom stereocenters. The molecule has 0 unspecified atom stereocenters. The van der Waals surface area contributed by atoms with E-state index in [9.17, 15) is 13.2 Å². The zero-order valence-electron chi connectivity index (χ0n) is 13.5. The number of carbonyl (C=O) groups is 1. The van der Waals surface area contributed by atoms with E-state index >= 15 is 0 Å². The van der Waals surface area contributed by atoms with Gasteiger partial charge in [-0.3, -0.25) is 9.10 Å². The van der Waals surface area contributed by atoms with Gasteiger partial charge in [-0.15, -0.1) is 0 Å². The summed E-state index contributed by atoms with van der Waals surface area (Å²) in [7, 11) is -3.48. The zero-order chi connectivity index (χ0) is 17.7. The van der Waals surface area contributed by atoms with Crippen LogP contribution in [0.1, 0.15) is 12.0 Å². The van der Waals surface area contributed by atoms with E-state index in [1.54, 1.807) is 36.4 Å². The quantitative estimate of drug-likeness (QED) is 0.851. The van der Waals surface area contributed by atoms with Crippen LogP contribution in [0.25, 0.3) is 0 Å². The van der Waals surface area contributed by atoms with Crippen LogP contribution in [0.2, 0.25) is 5.02 Å². The van der Waals surface area contributed by atoms with Crippen molar-refractivity contribution in [3.05, 3.63) is 59.1 Å². The van der Waals surface area contributed by atoms with E-state index in [1.807, 2.05) is 19.1 Å². The van der Waals surface area contributed by atoms with Crippen LogP contribution in [0.5, 0.6) is 0 Å². The normalized spacial score (nSPS) is 11.1.